The zero-order chi connectivity index (χ0) is 12.7. The quantitative estimate of drug-likeness (QED) is 0.770. The van der Waals surface area contributed by atoms with Crippen LogP contribution in [0.25, 0.3) is 0 Å². The summed E-state index contributed by atoms with van der Waals surface area (Å²) in [6.07, 6.45) is 2.08. The predicted octanol–water partition coefficient (Wildman–Crippen LogP) is 2.45. The summed E-state index contributed by atoms with van der Waals surface area (Å²) in [5, 5.41) is 11.6. The first-order valence-corrected chi connectivity index (χ1v) is 5.71. The lowest BCUT2D eigenvalue weighted by atomic mass is 10.2. The van der Waals surface area contributed by atoms with Gasteiger partial charge in [-0.1, -0.05) is 0 Å². The third kappa shape index (κ3) is 4.83. The van der Waals surface area contributed by atoms with E-state index in [9.17, 15) is 4.39 Å². The molecule has 0 unspecified atom stereocenters. The molecule has 0 amide bonds. The Kier molecular flexibility index (Phi) is 5.44. The Morgan fingerprint density at radius 1 is 1.35 bits per heavy atom. The smallest absolute Gasteiger partial charge is 0.147 e. The zero-order valence-corrected chi connectivity index (χ0v) is 10.3. The SMILES string of the molecule is CN(C)CCCCNc1ccc(C#N)cc1F. The number of benzene rings is 1. The topological polar surface area (TPSA) is 39.1 Å². The van der Waals surface area contributed by atoms with Crippen LogP contribution in [0.2, 0.25) is 0 Å². The van der Waals surface area contributed by atoms with Gasteiger partial charge in [-0.3, -0.25) is 0 Å². The fraction of sp³-hybridized carbons (Fsp3) is 0.462. The highest BCUT2D eigenvalue weighted by Gasteiger charge is 2.02. The molecule has 1 aromatic rings. The molecule has 1 rings (SSSR count). The number of hydrogen-bond acceptors (Lipinski definition) is 3. The van der Waals surface area contributed by atoms with Crippen molar-refractivity contribution in [2.24, 2.45) is 0 Å². The Balaban J connectivity index is 2.35. The maximum absolute atomic E-state index is 13.5. The van der Waals surface area contributed by atoms with Crippen LogP contribution in [0.5, 0.6) is 0 Å². The molecule has 0 aliphatic heterocycles. The normalized spacial score (nSPS) is 10.3. The molecule has 1 aromatic carbocycles. The van der Waals surface area contributed by atoms with Crippen LogP contribution in [0.1, 0.15) is 18.4 Å². The Morgan fingerprint density at radius 2 is 2.12 bits per heavy atom. The molecule has 92 valence electrons. The molecule has 0 heterocycles. The van der Waals surface area contributed by atoms with Crippen molar-refractivity contribution in [2.75, 3.05) is 32.5 Å². The summed E-state index contributed by atoms with van der Waals surface area (Å²) < 4.78 is 13.5. The first-order valence-electron chi connectivity index (χ1n) is 5.71. The van der Waals surface area contributed by atoms with Gasteiger partial charge in [-0.15, -0.1) is 0 Å². The van der Waals surface area contributed by atoms with Gasteiger partial charge < -0.3 is 10.2 Å². The number of hydrogen-bond donors (Lipinski definition) is 1. The number of nitriles is 1. The van der Waals surface area contributed by atoms with Crippen molar-refractivity contribution in [1.82, 2.24) is 4.90 Å². The monoisotopic (exact) mass is 235 g/mol. The largest absolute Gasteiger partial charge is 0.383 e. The number of unbranched alkanes of at least 4 members (excludes halogenated alkanes) is 1. The second-order valence-corrected chi connectivity index (χ2v) is 4.24. The lowest BCUT2D eigenvalue weighted by Gasteiger charge is -2.10. The van der Waals surface area contributed by atoms with Crippen molar-refractivity contribution in [3.8, 4) is 6.07 Å². The van der Waals surface area contributed by atoms with Crippen LogP contribution in [0.3, 0.4) is 0 Å². The molecule has 0 atom stereocenters. The molecule has 0 saturated carbocycles. The molecule has 0 aliphatic rings. The molecule has 0 bridgehead atoms. The Morgan fingerprint density at radius 3 is 2.71 bits per heavy atom. The molecule has 0 saturated heterocycles. The third-order valence-electron chi connectivity index (χ3n) is 2.45. The molecule has 0 radical (unpaired) electrons. The first-order chi connectivity index (χ1) is 8.13. The van der Waals surface area contributed by atoms with Gasteiger partial charge in [-0.25, -0.2) is 4.39 Å². The van der Waals surface area contributed by atoms with Gasteiger partial charge in [0, 0.05) is 6.54 Å². The molecular weight excluding hydrogens is 217 g/mol. The lowest BCUT2D eigenvalue weighted by Crippen LogP contribution is -2.14. The molecule has 1 N–H and O–H groups in total. The van der Waals surface area contributed by atoms with E-state index in [0.717, 1.165) is 25.9 Å². The van der Waals surface area contributed by atoms with E-state index in [4.69, 9.17) is 5.26 Å². The summed E-state index contributed by atoms with van der Waals surface area (Å²) >= 11 is 0. The summed E-state index contributed by atoms with van der Waals surface area (Å²) in [5.41, 5.74) is 0.814. The number of nitrogens with one attached hydrogen (secondary N) is 1. The standard InChI is InChI=1S/C13H18FN3/c1-17(2)8-4-3-7-16-13-6-5-11(10-15)9-12(13)14/h5-6,9,16H,3-4,7-8H2,1-2H3. The van der Waals surface area contributed by atoms with Gasteiger partial charge in [0.25, 0.3) is 0 Å². The first kappa shape index (κ1) is 13.5. The average molecular weight is 235 g/mol. The van der Waals surface area contributed by atoms with E-state index in [0.29, 0.717) is 11.3 Å². The molecule has 0 aromatic heterocycles. The number of rotatable bonds is 6. The van der Waals surface area contributed by atoms with Gasteiger partial charge in [0.1, 0.15) is 5.82 Å². The van der Waals surface area contributed by atoms with Gasteiger partial charge in [-0.05, 0) is 51.7 Å². The van der Waals surface area contributed by atoms with Gasteiger partial charge in [0.15, 0.2) is 0 Å². The summed E-state index contributed by atoms with van der Waals surface area (Å²) in [4.78, 5) is 2.13. The minimum absolute atomic E-state index is 0.348. The minimum atomic E-state index is -0.364. The van der Waals surface area contributed by atoms with E-state index < -0.39 is 0 Å². The summed E-state index contributed by atoms with van der Waals surface area (Å²) in [6.45, 7) is 1.79. The molecule has 4 heteroatoms. The van der Waals surface area contributed by atoms with Crippen LogP contribution in [0, 0.1) is 17.1 Å². The van der Waals surface area contributed by atoms with Crippen LogP contribution < -0.4 is 5.32 Å². The van der Waals surface area contributed by atoms with E-state index in [1.807, 2.05) is 20.2 Å². The number of anilines is 1. The van der Waals surface area contributed by atoms with Crippen LogP contribution in [-0.2, 0) is 0 Å². The van der Waals surface area contributed by atoms with Gasteiger partial charge in [0.05, 0.1) is 17.3 Å². The van der Waals surface area contributed by atoms with Crippen molar-refractivity contribution < 1.29 is 4.39 Å². The molecule has 0 fully saturated rings. The highest BCUT2D eigenvalue weighted by molar-refractivity contribution is 5.48. The Hall–Kier alpha value is -1.60. The predicted molar refractivity (Wildman–Crippen MR) is 67.4 cm³/mol. The van der Waals surface area contributed by atoms with Crippen molar-refractivity contribution in [3.63, 3.8) is 0 Å². The Labute approximate surface area is 102 Å². The maximum Gasteiger partial charge on any atom is 0.147 e. The fourth-order valence-electron chi connectivity index (χ4n) is 1.50. The van der Waals surface area contributed by atoms with E-state index in [1.165, 1.54) is 6.07 Å². The highest BCUT2D eigenvalue weighted by atomic mass is 19.1. The van der Waals surface area contributed by atoms with Crippen LogP contribution in [-0.4, -0.2) is 32.1 Å². The average Bonchev–Trinajstić information content (AvgIpc) is 2.30. The second-order valence-electron chi connectivity index (χ2n) is 4.24. The number of halogens is 1. The molecule has 0 aliphatic carbocycles. The van der Waals surface area contributed by atoms with E-state index in [1.54, 1.807) is 12.1 Å². The van der Waals surface area contributed by atoms with E-state index in [-0.39, 0.29) is 5.82 Å². The second kappa shape index (κ2) is 6.87. The summed E-state index contributed by atoms with van der Waals surface area (Å²) in [5.74, 6) is -0.364. The maximum atomic E-state index is 13.5. The van der Waals surface area contributed by atoms with Crippen LogP contribution in [0.15, 0.2) is 18.2 Å². The number of nitrogens with zero attached hydrogens (tertiary/aromatic N) is 2. The van der Waals surface area contributed by atoms with Gasteiger partial charge >= 0.3 is 0 Å². The summed E-state index contributed by atoms with van der Waals surface area (Å²) in [7, 11) is 4.07. The molecule has 0 spiro atoms. The summed E-state index contributed by atoms with van der Waals surface area (Å²) in [6, 6.07) is 6.39. The van der Waals surface area contributed by atoms with Gasteiger partial charge in [0.2, 0.25) is 0 Å². The van der Waals surface area contributed by atoms with Crippen LogP contribution in [0.4, 0.5) is 10.1 Å². The highest BCUT2D eigenvalue weighted by Crippen LogP contribution is 2.15. The van der Waals surface area contributed by atoms with Crippen molar-refractivity contribution in [2.45, 2.75) is 12.8 Å². The van der Waals surface area contributed by atoms with Crippen molar-refractivity contribution in [3.05, 3.63) is 29.6 Å². The fourth-order valence-corrected chi connectivity index (χ4v) is 1.50. The van der Waals surface area contributed by atoms with E-state index in [2.05, 4.69) is 10.2 Å². The third-order valence-corrected chi connectivity index (χ3v) is 2.45. The van der Waals surface area contributed by atoms with E-state index >= 15 is 0 Å². The van der Waals surface area contributed by atoms with Gasteiger partial charge in [-0.2, -0.15) is 5.26 Å². The molecule has 3 nitrogen and oxygen atoms in total. The molecule has 17 heavy (non-hydrogen) atoms. The zero-order valence-electron chi connectivity index (χ0n) is 10.3. The Bertz CT molecular complexity index is 396. The minimum Gasteiger partial charge on any atom is -0.383 e. The van der Waals surface area contributed by atoms with Crippen LogP contribution >= 0.6 is 0 Å². The van der Waals surface area contributed by atoms with Crippen molar-refractivity contribution in [1.29, 1.82) is 5.26 Å². The van der Waals surface area contributed by atoms with Crippen molar-refractivity contribution >= 4 is 5.69 Å². The molecular formula is C13H18FN3. The lowest BCUT2D eigenvalue weighted by molar-refractivity contribution is 0.396.